The molecule has 0 amide bonds. The van der Waals surface area contributed by atoms with Gasteiger partial charge < -0.3 is 15.2 Å². The highest BCUT2D eigenvalue weighted by atomic mass is 16.5. The number of carbonyl (C=O) groups is 1. The van der Waals surface area contributed by atoms with Crippen LogP contribution in [0.5, 0.6) is 0 Å². The van der Waals surface area contributed by atoms with Crippen LogP contribution in [0.1, 0.15) is 6.92 Å². The van der Waals surface area contributed by atoms with Gasteiger partial charge in [-0.05, 0) is 6.92 Å². The molecular weight excluding hydrogens is 208 g/mol. The molecule has 1 rings (SSSR count). The molecule has 0 spiro atoms. The van der Waals surface area contributed by atoms with Gasteiger partial charge in [0.2, 0.25) is 0 Å². The predicted molar refractivity (Wildman–Crippen MR) is 61.5 cm³/mol. The largest absolute Gasteiger partial charge is 0.478 e. The summed E-state index contributed by atoms with van der Waals surface area (Å²) >= 11 is 0. The Hall–Kier alpha value is -0.910. The minimum absolute atomic E-state index is 0.358. The van der Waals surface area contributed by atoms with Gasteiger partial charge in [0, 0.05) is 38.3 Å². The molecule has 0 aromatic heterocycles. The summed E-state index contributed by atoms with van der Waals surface area (Å²) in [4.78, 5) is 12.6. The third kappa shape index (κ3) is 5.85. The first-order valence-corrected chi connectivity index (χ1v) is 5.61. The topological polar surface area (TPSA) is 61.8 Å². The van der Waals surface area contributed by atoms with Crippen LogP contribution in [0.25, 0.3) is 0 Å². The molecule has 16 heavy (non-hydrogen) atoms. The van der Waals surface area contributed by atoms with E-state index in [9.17, 15) is 4.79 Å². The summed E-state index contributed by atoms with van der Waals surface area (Å²) in [7, 11) is 0. The molecule has 0 radical (unpaired) electrons. The summed E-state index contributed by atoms with van der Waals surface area (Å²) < 4.78 is 5.27. The van der Waals surface area contributed by atoms with Crippen LogP contribution >= 0.6 is 0 Å². The highest BCUT2D eigenvalue weighted by molar-refractivity contribution is 5.79. The lowest BCUT2D eigenvalue weighted by Crippen LogP contribution is -2.44. The second-order valence-corrected chi connectivity index (χ2v) is 3.96. The Kier molecular flexibility index (Phi) is 6.07. The first-order chi connectivity index (χ1) is 7.68. The molecule has 2 N–H and O–H groups in total. The summed E-state index contributed by atoms with van der Waals surface area (Å²) in [5, 5.41) is 11.7. The van der Waals surface area contributed by atoms with Crippen molar-refractivity contribution in [2.24, 2.45) is 0 Å². The lowest BCUT2D eigenvalue weighted by Gasteiger charge is -2.29. The van der Waals surface area contributed by atoms with Gasteiger partial charge in [0.15, 0.2) is 0 Å². The van der Waals surface area contributed by atoms with Crippen molar-refractivity contribution in [1.29, 1.82) is 0 Å². The normalized spacial score (nSPS) is 20.1. The monoisotopic (exact) mass is 228 g/mol. The molecule has 1 aliphatic heterocycles. The van der Waals surface area contributed by atoms with Crippen molar-refractivity contribution in [3.8, 4) is 0 Å². The van der Waals surface area contributed by atoms with Crippen molar-refractivity contribution in [2.45, 2.75) is 13.0 Å². The lowest BCUT2D eigenvalue weighted by molar-refractivity contribution is -0.131. The average molecular weight is 228 g/mol. The SMILES string of the molecule is CC(CN1CCOCC1)NC/C=C/C(=O)O. The summed E-state index contributed by atoms with van der Waals surface area (Å²) in [6, 6.07) is 0.358. The van der Waals surface area contributed by atoms with E-state index in [-0.39, 0.29) is 0 Å². The highest BCUT2D eigenvalue weighted by Crippen LogP contribution is 1.98. The van der Waals surface area contributed by atoms with E-state index in [2.05, 4.69) is 17.1 Å². The summed E-state index contributed by atoms with van der Waals surface area (Å²) in [5.41, 5.74) is 0. The number of carboxylic acids is 1. The van der Waals surface area contributed by atoms with Gasteiger partial charge in [-0.3, -0.25) is 4.90 Å². The van der Waals surface area contributed by atoms with E-state index in [1.807, 2.05) is 0 Å². The van der Waals surface area contributed by atoms with Crippen molar-refractivity contribution in [3.05, 3.63) is 12.2 Å². The number of rotatable bonds is 6. The molecule has 1 atom stereocenters. The molecule has 1 unspecified atom stereocenters. The van der Waals surface area contributed by atoms with Gasteiger partial charge in [0.05, 0.1) is 13.2 Å². The van der Waals surface area contributed by atoms with E-state index >= 15 is 0 Å². The van der Waals surface area contributed by atoms with Crippen molar-refractivity contribution in [1.82, 2.24) is 10.2 Å². The maximum atomic E-state index is 10.2. The van der Waals surface area contributed by atoms with Crippen LogP contribution in [0.15, 0.2) is 12.2 Å². The first-order valence-electron chi connectivity index (χ1n) is 5.61. The van der Waals surface area contributed by atoms with E-state index in [1.165, 1.54) is 0 Å². The third-order valence-corrected chi connectivity index (χ3v) is 2.48. The number of nitrogens with zero attached hydrogens (tertiary/aromatic N) is 1. The Balaban J connectivity index is 2.09. The number of hydrogen-bond donors (Lipinski definition) is 2. The number of morpholine rings is 1. The minimum atomic E-state index is -0.900. The van der Waals surface area contributed by atoms with Crippen LogP contribution in [-0.4, -0.2) is 61.4 Å². The maximum absolute atomic E-state index is 10.2. The molecule has 5 heteroatoms. The Morgan fingerprint density at radius 3 is 2.88 bits per heavy atom. The van der Waals surface area contributed by atoms with E-state index < -0.39 is 5.97 Å². The molecule has 1 aliphatic rings. The molecule has 0 aromatic carbocycles. The number of aliphatic carboxylic acids is 1. The van der Waals surface area contributed by atoms with E-state index in [4.69, 9.17) is 9.84 Å². The van der Waals surface area contributed by atoms with Crippen LogP contribution in [0.4, 0.5) is 0 Å². The van der Waals surface area contributed by atoms with Gasteiger partial charge >= 0.3 is 5.97 Å². The van der Waals surface area contributed by atoms with Gasteiger partial charge in [0.1, 0.15) is 0 Å². The summed E-state index contributed by atoms with van der Waals surface area (Å²) in [6.07, 6.45) is 2.78. The second kappa shape index (κ2) is 7.38. The zero-order chi connectivity index (χ0) is 11.8. The molecule has 1 heterocycles. The lowest BCUT2D eigenvalue weighted by atomic mass is 10.3. The maximum Gasteiger partial charge on any atom is 0.328 e. The van der Waals surface area contributed by atoms with E-state index in [0.717, 1.165) is 38.9 Å². The fraction of sp³-hybridized carbons (Fsp3) is 0.727. The first kappa shape index (κ1) is 13.2. The number of hydrogen-bond acceptors (Lipinski definition) is 4. The van der Waals surface area contributed by atoms with Crippen molar-refractivity contribution < 1.29 is 14.6 Å². The Bertz CT molecular complexity index is 237. The Labute approximate surface area is 96.1 Å². The fourth-order valence-electron chi connectivity index (χ4n) is 1.66. The molecule has 5 nitrogen and oxygen atoms in total. The average Bonchev–Trinajstić information content (AvgIpc) is 2.25. The molecule has 0 bridgehead atoms. The second-order valence-electron chi connectivity index (χ2n) is 3.96. The van der Waals surface area contributed by atoms with Crippen LogP contribution in [0, 0.1) is 0 Å². The minimum Gasteiger partial charge on any atom is -0.478 e. The zero-order valence-corrected chi connectivity index (χ0v) is 9.69. The standard InChI is InChI=1S/C11H20N2O3/c1-10(12-4-2-3-11(14)15)9-13-5-7-16-8-6-13/h2-3,10,12H,4-9H2,1H3,(H,14,15)/b3-2+. The van der Waals surface area contributed by atoms with Gasteiger partial charge in [-0.15, -0.1) is 0 Å². The van der Waals surface area contributed by atoms with Gasteiger partial charge in [-0.1, -0.05) is 6.08 Å². The third-order valence-electron chi connectivity index (χ3n) is 2.48. The Morgan fingerprint density at radius 2 is 2.25 bits per heavy atom. The van der Waals surface area contributed by atoms with Gasteiger partial charge in [-0.25, -0.2) is 4.79 Å². The smallest absolute Gasteiger partial charge is 0.328 e. The van der Waals surface area contributed by atoms with Crippen LogP contribution < -0.4 is 5.32 Å². The number of nitrogens with one attached hydrogen (secondary N) is 1. The molecule has 0 aromatic rings. The molecular formula is C11H20N2O3. The molecule has 92 valence electrons. The van der Waals surface area contributed by atoms with Crippen molar-refractivity contribution in [2.75, 3.05) is 39.4 Å². The van der Waals surface area contributed by atoms with Crippen LogP contribution in [0.2, 0.25) is 0 Å². The fourth-order valence-corrected chi connectivity index (χ4v) is 1.66. The van der Waals surface area contributed by atoms with Crippen molar-refractivity contribution in [3.63, 3.8) is 0 Å². The van der Waals surface area contributed by atoms with Crippen LogP contribution in [0.3, 0.4) is 0 Å². The molecule has 0 saturated carbocycles. The summed E-state index contributed by atoms with van der Waals surface area (Å²) in [6.45, 7) is 7.26. The quantitative estimate of drug-likeness (QED) is 0.624. The predicted octanol–water partition coefficient (Wildman–Crippen LogP) is -0.0625. The van der Waals surface area contributed by atoms with Crippen LogP contribution in [-0.2, 0) is 9.53 Å². The van der Waals surface area contributed by atoms with E-state index in [1.54, 1.807) is 6.08 Å². The molecule has 0 aliphatic carbocycles. The zero-order valence-electron chi connectivity index (χ0n) is 9.69. The number of carboxylic acid groups (broad SMARTS) is 1. The number of ether oxygens (including phenoxy) is 1. The molecule has 1 saturated heterocycles. The molecule has 1 fully saturated rings. The van der Waals surface area contributed by atoms with Gasteiger partial charge in [-0.2, -0.15) is 0 Å². The van der Waals surface area contributed by atoms with E-state index in [0.29, 0.717) is 12.6 Å². The van der Waals surface area contributed by atoms with Crippen molar-refractivity contribution >= 4 is 5.97 Å². The summed E-state index contributed by atoms with van der Waals surface area (Å²) in [5.74, 6) is -0.900. The highest BCUT2D eigenvalue weighted by Gasteiger charge is 2.12. The Morgan fingerprint density at radius 1 is 1.56 bits per heavy atom. The van der Waals surface area contributed by atoms with Gasteiger partial charge in [0.25, 0.3) is 0 Å².